The summed E-state index contributed by atoms with van der Waals surface area (Å²) >= 11 is 0. The number of halogens is 1. The van der Waals surface area contributed by atoms with Crippen molar-refractivity contribution >= 4 is 5.97 Å². The third-order valence-electron chi connectivity index (χ3n) is 2.09. The average molecular weight is 197 g/mol. The smallest absolute Gasteiger partial charge is 0.304 e. The van der Waals surface area contributed by atoms with Crippen LogP contribution in [0.25, 0.3) is 0 Å². The molecule has 0 spiro atoms. The van der Waals surface area contributed by atoms with Gasteiger partial charge in [0.25, 0.3) is 0 Å². The quantitative estimate of drug-likeness (QED) is 0.805. The fourth-order valence-electron chi connectivity index (χ4n) is 1.40. The number of rotatable bonds is 3. The monoisotopic (exact) mass is 197 g/mol. The predicted octanol–water partition coefficient (Wildman–Crippen LogP) is 1.97. The summed E-state index contributed by atoms with van der Waals surface area (Å²) in [5.41, 5.74) is -0.325. The van der Waals surface area contributed by atoms with Crippen LogP contribution >= 0.6 is 0 Å². The average Bonchev–Trinajstić information content (AvgIpc) is 2.02. The highest BCUT2D eigenvalue weighted by atomic mass is 19.1. The minimum absolute atomic E-state index is 0.103. The fraction of sp³-hybridized carbons (Fsp3) is 0.400. The number of hydrogen-bond donors (Lipinski definition) is 1. The van der Waals surface area contributed by atoms with Crippen LogP contribution in [0.2, 0.25) is 0 Å². The van der Waals surface area contributed by atoms with Crippen molar-refractivity contribution in [3.63, 3.8) is 0 Å². The van der Waals surface area contributed by atoms with Crippen molar-refractivity contribution in [3.8, 4) is 0 Å². The Morgan fingerprint density at radius 2 is 2.29 bits per heavy atom. The van der Waals surface area contributed by atoms with E-state index in [2.05, 4.69) is 4.98 Å². The standard InChI is InChI=1S/C10H12FNO2/c1-10(2,5-9(13)14)7-3-4-12-6-8(7)11/h3-4,6H,5H2,1-2H3,(H,13,14). The van der Waals surface area contributed by atoms with Gasteiger partial charge in [-0.05, 0) is 11.6 Å². The maximum atomic E-state index is 13.3. The van der Waals surface area contributed by atoms with Gasteiger partial charge >= 0.3 is 5.97 Å². The first-order valence-electron chi connectivity index (χ1n) is 4.25. The van der Waals surface area contributed by atoms with Gasteiger partial charge in [-0.2, -0.15) is 0 Å². The lowest BCUT2D eigenvalue weighted by Gasteiger charge is -2.23. The van der Waals surface area contributed by atoms with E-state index in [0.29, 0.717) is 5.56 Å². The first kappa shape index (κ1) is 10.6. The zero-order valence-corrected chi connectivity index (χ0v) is 8.12. The molecule has 0 radical (unpaired) electrons. The summed E-state index contributed by atoms with van der Waals surface area (Å²) in [4.78, 5) is 14.2. The van der Waals surface area contributed by atoms with Crippen molar-refractivity contribution in [2.24, 2.45) is 0 Å². The molecule has 1 rings (SSSR count). The third kappa shape index (κ3) is 2.28. The Morgan fingerprint density at radius 1 is 1.64 bits per heavy atom. The molecule has 14 heavy (non-hydrogen) atoms. The Balaban J connectivity index is 3.03. The van der Waals surface area contributed by atoms with Crippen molar-refractivity contribution in [1.29, 1.82) is 0 Å². The van der Waals surface area contributed by atoms with Gasteiger partial charge in [0.05, 0.1) is 12.6 Å². The van der Waals surface area contributed by atoms with Gasteiger partial charge in [-0.3, -0.25) is 9.78 Å². The number of carboxylic acids is 1. The maximum Gasteiger partial charge on any atom is 0.304 e. The largest absolute Gasteiger partial charge is 0.481 e. The summed E-state index contributed by atoms with van der Waals surface area (Å²) < 4.78 is 13.3. The number of carboxylic acid groups (broad SMARTS) is 1. The molecule has 0 aliphatic carbocycles. The normalized spacial score (nSPS) is 11.4. The molecular weight excluding hydrogens is 185 g/mol. The molecule has 3 nitrogen and oxygen atoms in total. The van der Waals surface area contributed by atoms with Crippen LogP contribution in [0.1, 0.15) is 25.8 Å². The lowest BCUT2D eigenvalue weighted by molar-refractivity contribution is -0.138. The van der Waals surface area contributed by atoms with Gasteiger partial charge in [-0.1, -0.05) is 13.8 Å². The zero-order valence-electron chi connectivity index (χ0n) is 8.12. The van der Waals surface area contributed by atoms with E-state index in [-0.39, 0.29) is 6.42 Å². The Bertz CT molecular complexity index is 350. The molecule has 0 aliphatic heterocycles. The Morgan fingerprint density at radius 3 is 2.79 bits per heavy atom. The summed E-state index contributed by atoms with van der Waals surface area (Å²) in [6.07, 6.45) is 2.45. The molecule has 1 aromatic rings. The molecule has 1 heterocycles. The number of pyridine rings is 1. The van der Waals surface area contributed by atoms with Crippen LogP contribution in [-0.2, 0) is 10.2 Å². The first-order valence-corrected chi connectivity index (χ1v) is 4.25. The highest BCUT2D eigenvalue weighted by Crippen LogP contribution is 2.28. The minimum atomic E-state index is -0.939. The molecule has 0 bridgehead atoms. The van der Waals surface area contributed by atoms with Crippen LogP contribution in [0.15, 0.2) is 18.5 Å². The van der Waals surface area contributed by atoms with Crippen molar-refractivity contribution < 1.29 is 14.3 Å². The molecule has 1 aromatic heterocycles. The Hall–Kier alpha value is -1.45. The minimum Gasteiger partial charge on any atom is -0.481 e. The van der Waals surface area contributed by atoms with Gasteiger partial charge in [0.1, 0.15) is 5.82 Å². The van der Waals surface area contributed by atoms with Crippen molar-refractivity contribution in [2.75, 3.05) is 0 Å². The Labute approximate surface area is 81.6 Å². The third-order valence-corrected chi connectivity index (χ3v) is 2.09. The summed E-state index contributed by atoms with van der Waals surface area (Å²) in [6, 6.07) is 1.51. The highest BCUT2D eigenvalue weighted by Gasteiger charge is 2.26. The number of aliphatic carboxylic acids is 1. The number of hydrogen-bond acceptors (Lipinski definition) is 2. The summed E-state index contributed by atoms with van der Waals surface area (Å²) in [6.45, 7) is 3.39. The fourth-order valence-corrected chi connectivity index (χ4v) is 1.40. The van der Waals surface area contributed by atoms with Gasteiger partial charge < -0.3 is 5.11 Å². The van der Waals surface area contributed by atoms with E-state index in [4.69, 9.17) is 5.11 Å². The second-order valence-electron chi connectivity index (χ2n) is 3.81. The predicted molar refractivity (Wildman–Crippen MR) is 49.5 cm³/mol. The van der Waals surface area contributed by atoms with Crippen LogP contribution in [0.3, 0.4) is 0 Å². The van der Waals surface area contributed by atoms with Crippen LogP contribution in [0.4, 0.5) is 4.39 Å². The maximum absolute atomic E-state index is 13.3. The van der Waals surface area contributed by atoms with Crippen LogP contribution in [0, 0.1) is 5.82 Å². The van der Waals surface area contributed by atoms with Gasteiger partial charge in [-0.15, -0.1) is 0 Å². The van der Waals surface area contributed by atoms with Crippen LogP contribution < -0.4 is 0 Å². The molecule has 4 heteroatoms. The number of aromatic nitrogens is 1. The van der Waals surface area contributed by atoms with E-state index in [1.807, 2.05) is 0 Å². The SMILES string of the molecule is CC(C)(CC(=O)O)c1ccncc1F. The summed E-state index contributed by atoms with van der Waals surface area (Å²) in [7, 11) is 0. The van der Waals surface area contributed by atoms with E-state index in [1.54, 1.807) is 13.8 Å². The van der Waals surface area contributed by atoms with E-state index < -0.39 is 17.2 Å². The molecule has 0 atom stereocenters. The van der Waals surface area contributed by atoms with E-state index >= 15 is 0 Å². The van der Waals surface area contributed by atoms with E-state index in [0.717, 1.165) is 6.20 Å². The summed E-state index contributed by atoms with van der Waals surface area (Å²) in [5, 5.41) is 8.66. The second kappa shape index (κ2) is 3.74. The van der Waals surface area contributed by atoms with Gasteiger partial charge in [-0.25, -0.2) is 4.39 Å². The molecule has 76 valence electrons. The zero-order chi connectivity index (χ0) is 10.8. The molecule has 0 saturated heterocycles. The highest BCUT2D eigenvalue weighted by molar-refractivity contribution is 5.68. The molecule has 0 aliphatic rings. The molecule has 1 N–H and O–H groups in total. The Kier molecular flexibility index (Phi) is 2.84. The molecule has 0 unspecified atom stereocenters. The number of nitrogens with zero attached hydrogens (tertiary/aromatic N) is 1. The van der Waals surface area contributed by atoms with Crippen molar-refractivity contribution in [1.82, 2.24) is 4.98 Å². The number of carbonyl (C=O) groups is 1. The molecule has 0 amide bonds. The van der Waals surface area contributed by atoms with Gasteiger partial charge in [0.15, 0.2) is 0 Å². The lowest BCUT2D eigenvalue weighted by atomic mass is 9.82. The second-order valence-corrected chi connectivity index (χ2v) is 3.81. The molecular formula is C10H12FNO2. The lowest BCUT2D eigenvalue weighted by Crippen LogP contribution is -2.23. The molecule has 0 aromatic carbocycles. The van der Waals surface area contributed by atoms with Crippen molar-refractivity contribution in [3.05, 3.63) is 29.8 Å². The van der Waals surface area contributed by atoms with E-state index in [1.165, 1.54) is 12.3 Å². The van der Waals surface area contributed by atoms with Crippen molar-refractivity contribution in [2.45, 2.75) is 25.7 Å². The van der Waals surface area contributed by atoms with E-state index in [9.17, 15) is 9.18 Å². The summed E-state index contributed by atoms with van der Waals surface area (Å²) in [5.74, 6) is -1.40. The first-order chi connectivity index (χ1) is 6.43. The molecule has 0 saturated carbocycles. The molecule has 0 fully saturated rings. The van der Waals surface area contributed by atoms with Crippen LogP contribution in [-0.4, -0.2) is 16.1 Å². The van der Waals surface area contributed by atoms with Gasteiger partial charge in [0.2, 0.25) is 0 Å². The van der Waals surface area contributed by atoms with Crippen LogP contribution in [0.5, 0.6) is 0 Å². The van der Waals surface area contributed by atoms with Gasteiger partial charge in [0, 0.05) is 11.6 Å². The topological polar surface area (TPSA) is 50.2 Å².